The lowest BCUT2D eigenvalue weighted by Gasteiger charge is -2.27. The first-order valence-electron chi connectivity index (χ1n) is 8.28. The Morgan fingerprint density at radius 3 is 2.50 bits per heavy atom. The van der Waals surface area contributed by atoms with Crippen LogP contribution in [0.15, 0.2) is 48.5 Å². The number of amides is 2. The van der Waals surface area contributed by atoms with Crippen LogP contribution in [0.4, 0.5) is 5.69 Å². The Morgan fingerprint density at radius 2 is 1.77 bits per heavy atom. The number of hydrogen-bond donors (Lipinski definition) is 1. The smallest absolute Gasteiger partial charge is 0.262 e. The summed E-state index contributed by atoms with van der Waals surface area (Å²) in [5.74, 6) is -0.0572. The summed E-state index contributed by atoms with van der Waals surface area (Å²) in [6.07, 6.45) is 0. The zero-order chi connectivity index (χ0) is 18.4. The van der Waals surface area contributed by atoms with Gasteiger partial charge in [-0.1, -0.05) is 23.7 Å². The Hall–Kier alpha value is -2.57. The van der Waals surface area contributed by atoms with Gasteiger partial charge in [0.1, 0.15) is 5.75 Å². The van der Waals surface area contributed by atoms with Crippen molar-refractivity contribution >= 4 is 29.1 Å². The van der Waals surface area contributed by atoms with E-state index in [2.05, 4.69) is 5.32 Å². The molecule has 2 aromatic carbocycles. The largest absolute Gasteiger partial charge is 0.483 e. The summed E-state index contributed by atoms with van der Waals surface area (Å²) in [7, 11) is 0. The van der Waals surface area contributed by atoms with Gasteiger partial charge < -0.3 is 19.7 Å². The van der Waals surface area contributed by atoms with Gasteiger partial charge >= 0.3 is 0 Å². The number of halogens is 1. The highest BCUT2D eigenvalue weighted by Crippen LogP contribution is 2.21. The molecular weight excluding hydrogens is 356 g/mol. The van der Waals surface area contributed by atoms with Crippen molar-refractivity contribution < 1.29 is 19.1 Å². The van der Waals surface area contributed by atoms with Crippen molar-refractivity contribution in [2.75, 3.05) is 38.2 Å². The molecule has 136 valence electrons. The maximum absolute atomic E-state index is 12.7. The van der Waals surface area contributed by atoms with E-state index in [0.29, 0.717) is 48.3 Å². The molecule has 1 heterocycles. The van der Waals surface area contributed by atoms with Crippen molar-refractivity contribution in [1.82, 2.24) is 4.90 Å². The van der Waals surface area contributed by atoms with E-state index in [1.54, 1.807) is 53.4 Å². The number of hydrogen-bond acceptors (Lipinski definition) is 4. The first-order chi connectivity index (χ1) is 12.6. The molecule has 1 aliphatic heterocycles. The second kappa shape index (κ2) is 8.69. The summed E-state index contributed by atoms with van der Waals surface area (Å²) in [6.45, 7) is 1.95. The van der Waals surface area contributed by atoms with Crippen LogP contribution in [0.2, 0.25) is 5.02 Å². The van der Waals surface area contributed by atoms with Crippen LogP contribution in [0.25, 0.3) is 0 Å². The van der Waals surface area contributed by atoms with E-state index in [9.17, 15) is 9.59 Å². The number of carbonyl (C=O) groups excluding carboxylic acids is 2. The third-order valence-electron chi connectivity index (χ3n) is 3.90. The van der Waals surface area contributed by atoms with Crippen LogP contribution in [0, 0.1) is 0 Å². The molecule has 0 spiro atoms. The van der Waals surface area contributed by atoms with E-state index in [1.807, 2.05) is 0 Å². The highest BCUT2D eigenvalue weighted by Gasteiger charge is 2.21. The number of anilines is 1. The van der Waals surface area contributed by atoms with Gasteiger partial charge in [0, 0.05) is 23.8 Å². The summed E-state index contributed by atoms with van der Waals surface area (Å²) in [5, 5.41) is 3.31. The average Bonchev–Trinajstić information content (AvgIpc) is 2.68. The number of benzene rings is 2. The van der Waals surface area contributed by atoms with Crippen LogP contribution in [-0.4, -0.2) is 49.6 Å². The summed E-state index contributed by atoms with van der Waals surface area (Å²) < 4.78 is 10.9. The number of nitrogens with one attached hydrogen (secondary N) is 1. The van der Waals surface area contributed by atoms with Gasteiger partial charge in [0.25, 0.3) is 11.8 Å². The predicted octanol–water partition coefficient (Wildman–Crippen LogP) is 2.83. The molecule has 1 N–H and O–H groups in total. The van der Waals surface area contributed by atoms with Gasteiger partial charge in [0.15, 0.2) is 6.61 Å². The fourth-order valence-electron chi connectivity index (χ4n) is 2.58. The molecule has 2 amide bonds. The summed E-state index contributed by atoms with van der Waals surface area (Å²) >= 11 is 5.82. The summed E-state index contributed by atoms with van der Waals surface area (Å²) in [5.41, 5.74) is 1.06. The first kappa shape index (κ1) is 18.2. The molecule has 0 atom stereocenters. The number of rotatable bonds is 5. The number of ether oxygens (including phenoxy) is 2. The van der Waals surface area contributed by atoms with E-state index in [4.69, 9.17) is 21.1 Å². The fraction of sp³-hybridized carbons (Fsp3) is 0.263. The molecule has 3 rings (SSSR count). The lowest BCUT2D eigenvalue weighted by molar-refractivity contribution is -0.118. The average molecular weight is 375 g/mol. The first-order valence-corrected chi connectivity index (χ1v) is 8.65. The van der Waals surface area contributed by atoms with Crippen LogP contribution < -0.4 is 10.1 Å². The molecule has 1 aliphatic rings. The standard InChI is InChI=1S/C19H19ClN2O4/c20-14-5-7-15(8-6-14)21-18(23)13-26-17-4-2-1-3-16(17)19(24)22-9-11-25-12-10-22/h1-8H,9-13H2,(H,21,23). The Kier molecular flexibility index (Phi) is 6.09. The van der Waals surface area contributed by atoms with Gasteiger partial charge in [-0.25, -0.2) is 0 Å². The summed E-state index contributed by atoms with van der Waals surface area (Å²) in [6, 6.07) is 13.7. The molecule has 0 unspecified atom stereocenters. The van der Waals surface area contributed by atoms with E-state index in [-0.39, 0.29) is 18.4 Å². The van der Waals surface area contributed by atoms with Gasteiger partial charge in [-0.15, -0.1) is 0 Å². The van der Waals surface area contributed by atoms with Crippen LogP contribution in [0.3, 0.4) is 0 Å². The molecule has 0 aliphatic carbocycles. The van der Waals surface area contributed by atoms with Crippen LogP contribution in [-0.2, 0) is 9.53 Å². The van der Waals surface area contributed by atoms with Crippen molar-refractivity contribution in [3.05, 3.63) is 59.1 Å². The Balaban J connectivity index is 1.61. The van der Waals surface area contributed by atoms with Gasteiger partial charge in [0.2, 0.25) is 0 Å². The van der Waals surface area contributed by atoms with E-state index >= 15 is 0 Å². The molecule has 0 bridgehead atoms. The van der Waals surface area contributed by atoms with Crippen LogP contribution >= 0.6 is 11.6 Å². The SMILES string of the molecule is O=C(COc1ccccc1C(=O)N1CCOCC1)Nc1ccc(Cl)cc1. The molecule has 0 aromatic heterocycles. The number of morpholine rings is 1. The van der Waals surface area contributed by atoms with Crippen molar-refractivity contribution in [1.29, 1.82) is 0 Å². The molecule has 1 fully saturated rings. The minimum atomic E-state index is -0.319. The molecule has 0 radical (unpaired) electrons. The topological polar surface area (TPSA) is 67.9 Å². The van der Waals surface area contributed by atoms with E-state index in [0.717, 1.165) is 0 Å². The van der Waals surface area contributed by atoms with Gasteiger partial charge in [0.05, 0.1) is 18.8 Å². The molecule has 2 aromatic rings. The number of para-hydroxylation sites is 1. The van der Waals surface area contributed by atoms with Gasteiger partial charge in [-0.05, 0) is 36.4 Å². The highest BCUT2D eigenvalue weighted by atomic mass is 35.5. The van der Waals surface area contributed by atoms with E-state index in [1.165, 1.54) is 0 Å². The maximum atomic E-state index is 12.7. The highest BCUT2D eigenvalue weighted by molar-refractivity contribution is 6.30. The van der Waals surface area contributed by atoms with E-state index < -0.39 is 0 Å². The summed E-state index contributed by atoms with van der Waals surface area (Å²) in [4.78, 5) is 26.5. The quantitative estimate of drug-likeness (QED) is 0.873. The lowest BCUT2D eigenvalue weighted by atomic mass is 10.1. The lowest BCUT2D eigenvalue weighted by Crippen LogP contribution is -2.40. The number of carbonyl (C=O) groups is 2. The minimum absolute atomic E-state index is 0.123. The third kappa shape index (κ3) is 4.74. The molecule has 0 saturated carbocycles. The van der Waals surface area contributed by atoms with Crippen molar-refractivity contribution in [2.45, 2.75) is 0 Å². The zero-order valence-corrected chi connectivity index (χ0v) is 14.9. The Bertz CT molecular complexity index is 773. The van der Waals surface area contributed by atoms with Crippen molar-refractivity contribution in [3.8, 4) is 5.75 Å². The molecule has 26 heavy (non-hydrogen) atoms. The molecular formula is C19H19ClN2O4. The fourth-order valence-corrected chi connectivity index (χ4v) is 2.71. The monoisotopic (exact) mass is 374 g/mol. The van der Waals surface area contributed by atoms with Crippen LogP contribution in [0.1, 0.15) is 10.4 Å². The molecule has 1 saturated heterocycles. The molecule has 6 nitrogen and oxygen atoms in total. The molecule has 7 heteroatoms. The van der Waals surface area contributed by atoms with Gasteiger partial charge in [-0.2, -0.15) is 0 Å². The third-order valence-corrected chi connectivity index (χ3v) is 4.15. The normalized spacial score (nSPS) is 14.0. The number of nitrogens with zero attached hydrogens (tertiary/aromatic N) is 1. The zero-order valence-electron chi connectivity index (χ0n) is 14.1. The van der Waals surface area contributed by atoms with Crippen molar-refractivity contribution in [3.63, 3.8) is 0 Å². The van der Waals surface area contributed by atoms with Gasteiger partial charge in [-0.3, -0.25) is 9.59 Å². The Labute approximate surface area is 156 Å². The maximum Gasteiger partial charge on any atom is 0.262 e. The predicted molar refractivity (Wildman–Crippen MR) is 98.7 cm³/mol. The minimum Gasteiger partial charge on any atom is -0.483 e. The van der Waals surface area contributed by atoms with Crippen molar-refractivity contribution in [2.24, 2.45) is 0 Å². The Morgan fingerprint density at radius 1 is 1.08 bits per heavy atom. The van der Waals surface area contributed by atoms with Crippen LogP contribution in [0.5, 0.6) is 5.75 Å². The second-order valence-electron chi connectivity index (χ2n) is 5.74. The second-order valence-corrected chi connectivity index (χ2v) is 6.18.